The third-order valence-electron chi connectivity index (χ3n) is 4.90. The number of nitrogens with one attached hydrogen (secondary N) is 1. The third-order valence-corrected chi connectivity index (χ3v) is 8.90. The Balaban J connectivity index is 1.58. The second kappa shape index (κ2) is 9.53. The number of aromatic nitrogens is 6. The van der Waals surface area contributed by atoms with Crippen LogP contribution >= 0.6 is 34.9 Å². The molecule has 0 saturated carbocycles. The molecule has 0 radical (unpaired) electrons. The summed E-state index contributed by atoms with van der Waals surface area (Å²) in [5, 5.41) is 31.4. The van der Waals surface area contributed by atoms with Crippen LogP contribution in [0.25, 0.3) is 0 Å². The number of methoxy groups -OCH3 is 1. The van der Waals surface area contributed by atoms with Gasteiger partial charge in [0.1, 0.15) is 27.3 Å². The van der Waals surface area contributed by atoms with Gasteiger partial charge in [0.2, 0.25) is 5.16 Å². The molecule has 2 atom stereocenters. The van der Waals surface area contributed by atoms with Crippen LogP contribution in [0.1, 0.15) is 10.0 Å². The van der Waals surface area contributed by atoms with Crippen molar-refractivity contribution in [2.24, 2.45) is 7.05 Å². The molecule has 0 spiro atoms. The second-order valence-corrected chi connectivity index (χ2v) is 10.7. The minimum atomic E-state index is -1.84. The Morgan fingerprint density at radius 3 is 2.68 bits per heavy atom. The van der Waals surface area contributed by atoms with E-state index in [1.807, 2.05) is 0 Å². The molecule has 2 aromatic rings. The number of rotatable bonds is 8. The number of amides is 2. The van der Waals surface area contributed by atoms with E-state index in [2.05, 4.69) is 31.0 Å². The molecule has 2 aliphatic rings. The number of carbonyl (C=O) groups is 3. The van der Waals surface area contributed by atoms with Gasteiger partial charge in [-0.1, -0.05) is 23.1 Å². The summed E-state index contributed by atoms with van der Waals surface area (Å²) < 4.78 is 18.5. The van der Waals surface area contributed by atoms with Crippen molar-refractivity contribution in [1.82, 2.24) is 40.6 Å². The number of carboxylic acid groups (broad SMARTS) is 1. The summed E-state index contributed by atoms with van der Waals surface area (Å²) in [5.41, 5.74) is -1.52. The van der Waals surface area contributed by atoms with Crippen molar-refractivity contribution in [1.29, 1.82) is 0 Å². The number of nitrogens with zero attached hydrogens (tertiary/aromatic N) is 7. The quantitative estimate of drug-likeness (QED) is 0.130. The highest BCUT2D eigenvalue weighted by Crippen LogP contribution is 2.47. The molecule has 0 aromatic carbocycles. The number of thioether (sulfide) groups is 2. The maximum absolute atomic E-state index is 13.2. The summed E-state index contributed by atoms with van der Waals surface area (Å²) in [6.07, 6.45) is 0. The standard InChI is InChI=1S/C16H16N8O6S4/c1-6-18-19-11(33-6)9(34-29)10(25)17-16(30-3)13(28)24-8(12(26)27)7(4-31-14(16)24)5-32-15-20-21-22-23(15)2/h14H,4-5H2,1-3H3,(H,17,25)(H,26,27)/t14-,16+/m1/s1. The Hall–Kier alpha value is -2.67. The first kappa shape index (κ1) is 24.5. The van der Waals surface area contributed by atoms with Gasteiger partial charge >= 0.3 is 5.97 Å². The molecule has 18 heteroatoms. The Bertz CT molecular complexity index is 1270. The average molecular weight is 545 g/mol. The molecule has 0 aliphatic carbocycles. The summed E-state index contributed by atoms with van der Waals surface area (Å²) in [5.74, 6) is -2.40. The van der Waals surface area contributed by atoms with Gasteiger partial charge in [0.05, 0.1) is 0 Å². The highest BCUT2D eigenvalue weighted by Gasteiger charge is 2.66. The maximum Gasteiger partial charge on any atom is 0.352 e. The minimum Gasteiger partial charge on any atom is -0.477 e. The summed E-state index contributed by atoms with van der Waals surface area (Å²) >= 11 is 3.45. The van der Waals surface area contributed by atoms with E-state index in [1.54, 1.807) is 14.0 Å². The first-order valence-corrected chi connectivity index (χ1v) is 12.9. The van der Waals surface area contributed by atoms with Gasteiger partial charge in [0, 0.05) is 25.7 Å². The molecule has 14 nitrogen and oxygen atoms in total. The monoisotopic (exact) mass is 544 g/mol. The zero-order valence-electron chi connectivity index (χ0n) is 17.7. The number of hydrogen-bond donors (Lipinski definition) is 2. The van der Waals surface area contributed by atoms with Crippen molar-refractivity contribution < 1.29 is 28.4 Å². The van der Waals surface area contributed by atoms with Crippen molar-refractivity contribution in [3.05, 3.63) is 21.3 Å². The molecule has 2 aromatic heterocycles. The van der Waals surface area contributed by atoms with E-state index in [-0.39, 0.29) is 38.3 Å². The van der Waals surface area contributed by atoms with Crippen molar-refractivity contribution in [2.45, 2.75) is 23.2 Å². The van der Waals surface area contributed by atoms with Gasteiger partial charge in [-0.3, -0.25) is 14.5 Å². The van der Waals surface area contributed by atoms with Crippen molar-refractivity contribution in [3.63, 3.8) is 0 Å². The predicted molar refractivity (Wildman–Crippen MR) is 122 cm³/mol. The van der Waals surface area contributed by atoms with E-state index in [9.17, 15) is 23.7 Å². The van der Waals surface area contributed by atoms with Crippen LogP contribution in [0.4, 0.5) is 0 Å². The number of tetrazole rings is 1. The fourth-order valence-electron chi connectivity index (χ4n) is 3.33. The first-order chi connectivity index (χ1) is 16.2. The highest BCUT2D eigenvalue weighted by molar-refractivity contribution is 8.01. The first-order valence-electron chi connectivity index (χ1n) is 9.34. The molecule has 0 unspecified atom stereocenters. The smallest absolute Gasteiger partial charge is 0.352 e. The van der Waals surface area contributed by atoms with Crippen LogP contribution in [0.3, 0.4) is 0 Å². The van der Waals surface area contributed by atoms with Crippen LogP contribution in [-0.4, -0.2) is 97.0 Å². The van der Waals surface area contributed by atoms with E-state index in [4.69, 9.17) is 4.74 Å². The van der Waals surface area contributed by atoms with Gasteiger partial charge < -0.3 is 15.2 Å². The lowest BCUT2D eigenvalue weighted by Crippen LogP contribution is -2.81. The molecule has 2 aliphatic heterocycles. The Kier molecular flexibility index (Phi) is 6.85. The average Bonchev–Trinajstić information content (AvgIpc) is 3.43. The van der Waals surface area contributed by atoms with Crippen LogP contribution in [-0.2, 0) is 37.4 Å². The molecule has 34 heavy (non-hydrogen) atoms. The number of ether oxygens (including phenoxy) is 1. The number of aliphatic carboxylic acids is 1. The lowest BCUT2D eigenvalue weighted by molar-refractivity contribution is -0.191. The topological polar surface area (TPSA) is 182 Å². The van der Waals surface area contributed by atoms with E-state index in [0.717, 1.165) is 16.2 Å². The summed E-state index contributed by atoms with van der Waals surface area (Å²) in [6, 6.07) is 0. The molecule has 180 valence electrons. The predicted octanol–water partition coefficient (Wildman–Crippen LogP) is -1.39. The van der Waals surface area contributed by atoms with Gasteiger partial charge in [-0.15, -0.1) is 27.1 Å². The van der Waals surface area contributed by atoms with Gasteiger partial charge in [-0.2, -0.15) is 0 Å². The summed E-state index contributed by atoms with van der Waals surface area (Å²) in [6.45, 7) is 1.67. The van der Waals surface area contributed by atoms with E-state index >= 15 is 0 Å². The van der Waals surface area contributed by atoms with Gasteiger partial charge in [-0.05, 0) is 22.9 Å². The fourth-order valence-corrected chi connectivity index (χ4v) is 6.86. The number of aryl methyl sites for hydroxylation is 2. The minimum absolute atomic E-state index is 0.0760. The second-order valence-electron chi connectivity index (χ2n) is 6.90. The number of hydrogen-bond acceptors (Lipinski definition) is 13. The van der Waals surface area contributed by atoms with Gasteiger partial charge in [0.25, 0.3) is 17.5 Å². The van der Waals surface area contributed by atoms with Crippen LogP contribution < -0.4 is 5.32 Å². The van der Waals surface area contributed by atoms with Gasteiger partial charge in [0.15, 0.2) is 9.87 Å². The van der Waals surface area contributed by atoms with Crippen LogP contribution in [0.2, 0.25) is 0 Å². The normalized spacial score (nSPS) is 21.7. The van der Waals surface area contributed by atoms with Crippen LogP contribution in [0.5, 0.6) is 0 Å². The Morgan fingerprint density at radius 1 is 1.35 bits per heavy atom. The SMILES string of the molecule is CO[C@@]1(NC(=O)C(=S=O)c2nnc(C)s2)C(=O)N2C(C(=O)O)=C(CSc3nnnn3C)CS[C@@H]21. The molecule has 1 saturated heterocycles. The molecule has 2 N–H and O–H groups in total. The molecule has 4 rings (SSSR count). The molecular weight excluding hydrogens is 528 g/mol. The number of β-lactam (4-membered cyclic amide) rings is 1. The van der Waals surface area contributed by atoms with E-state index in [0.29, 0.717) is 15.7 Å². The molecule has 4 heterocycles. The maximum atomic E-state index is 13.2. The molecule has 1 fully saturated rings. The van der Waals surface area contributed by atoms with Crippen LogP contribution in [0, 0.1) is 6.92 Å². The summed E-state index contributed by atoms with van der Waals surface area (Å²) in [4.78, 5) is 39.0. The third kappa shape index (κ3) is 4.04. The van der Waals surface area contributed by atoms with Crippen molar-refractivity contribution >= 4 is 68.8 Å². The molecular formula is C16H16N8O6S4. The van der Waals surface area contributed by atoms with E-state index in [1.165, 1.54) is 35.3 Å². The van der Waals surface area contributed by atoms with Gasteiger partial charge in [-0.25, -0.2) is 13.7 Å². The van der Waals surface area contributed by atoms with Crippen LogP contribution in [0.15, 0.2) is 16.4 Å². The molecule has 0 bridgehead atoms. The zero-order valence-corrected chi connectivity index (χ0v) is 21.0. The number of fused-ring (bicyclic) bond motifs is 1. The lowest BCUT2D eigenvalue weighted by Gasteiger charge is -2.55. The van der Waals surface area contributed by atoms with E-state index < -0.39 is 28.9 Å². The zero-order chi connectivity index (χ0) is 24.6. The largest absolute Gasteiger partial charge is 0.477 e. The number of carboxylic acids is 1. The Labute approximate surface area is 207 Å². The Morgan fingerprint density at radius 2 is 2.12 bits per heavy atom. The molecule has 2 amide bonds. The lowest BCUT2D eigenvalue weighted by atomic mass is 9.98. The summed E-state index contributed by atoms with van der Waals surface area (Å²) in [7, 11) is 2.88. The highest BCUT2D eigenvalue weighted by atomic mass is 32.2. The fraction of sp³-hybridized carbons (Fsp3) is 0.438. The number of carbonyl (C=O) groups excluding carboxylic acids is 2. The van der Waals surface area contributed by atoms with Crippen molar-refractivity contribution in [2.75, 3.05) is 18.6 Å². The van der Waals surface area contributed by atoms with Crippen molar-refractivity contribution in [3.8, 4) is 0 Å².